The molecular formula is C21H31N3O3S. The van der Waals surface area contributed by atoms with Crippen LogP contribution < -0.4 is 15.0 Å². The number of nitrogens with zero attached hydrogens (tertiary/aromatic N) is 2. The van der Waals surface area contributed by atoms with E-state index >= 15 is 0 Å². The lowest BCUT2D eigenvalue weighted by Crippen LogP contribution is -2.36. The third kappa shape index (κ3) is 4.75. The van der Waals surface area contributed by atoms with Gasteiger partial charge in [-0.1, -0.05) is 44.4 Å². The second-order valence-electron chi connectivity index (χ2n) is 7.20. The van der Waals surface area contributed by atoms with E-state index in [4.69, 9.17) is 14.5 Å². The lowest BCUT2D eigenvalue weighted by Gasteiger charge is -2.29. The molecule has 0 aliphatic carbocycles. The Balaban J connectivity index is 1.86. The predicted molar refractivity (Wildman–Crippen MR) is 116 cm³/mol. The first-order valence-corrected chi connectivity index (χ1v) is 11.1. The van der Waals surface area contributed by atoms with Gasteiger partial charge >= 0.3 is 0 Å². The zero-order valence-electron chi connectivity index (χ0n) is 17.1. The summed E-state index contributed by atoms with van der Waals surface area (Å²) < 4.78 is 12.1. The molecule has 1 N–H and O–H groups in total. The SMILES string of the molecule is CCCCC(CCC)C(=O)Nc1nc2c(OC)ccc(N3CCOCC3)c2s1. The van der Waals surface area contributed by atoms with Gasteiger partial charge in [0.25, 0.3) is 0 Å². The molecule has 28 heavy (non-hydrogen) atoms. The molecule has 0 spiro atoms. The summed E-state index contributed by atoms with van der Waals surface area (Å²) in [6, 6.07) is 4.04. The van der Waals surface area contributed by atoms with Gasteiger partial charge in [-0.3, -0.25) is 4.79 Å². The number of carbonyl (C=O) groups is 1. The van der Waals surface area contributed by atoms with E-state index in [1.165, 1.54) is 11.3 Å². The number of unbranched alkanes of at least 4 members (excludes halogenated alkanes) is 1. The van der Waals surface area contributed by atoms with Gasteiger partial charge in [-0.2, -0.15) is 0 Å². The summed E-state index contributed by atoms with van der Waals surface area (Å²) in [6.45, 7) is 7.46. The standard InChI is InChI=1S/C21H31N3O3S/c1-4-6-8-15(7-5-2)20(25)23-21-22-18-17(26-3)10-9-16(19(18)28-21)24-11-13-27-14-12-24/h9-10,15H,4-8,11-14H2,1-3H3,(H,22,23,25). The number of benzene rings is 1. The summed E-state index contributed by atoms with van der Waals surface area (Å²) >= 11 is 1.53. The van der Waals surface area contributed by atoms with Crippen LogP contribution >= 0.6 is 11.3 Å². The zero-order chi connectivity index (χ0) is 19.9. The number of hydrogen-bond donors (Lipinski definition) is 1. The fourth-order valence-electron chi connectivity index (χ4n) is 3.65. The Bertz CT molecular complexity index is 787. The van der Waals surface area contributed by atoms with Crippen molar-refractivity contribution in [2.45, 2.75) is 46.0 Å². The van der Waals surface area contributed by atoms with Gasteiger partial charge in [0.1, 0.15) is 11.3 Å². The molecule has 2 heterocycles. The quantitative estimate of drug-likeness (QED) is 0.656. The highest BCUT2D eigenvalue weighted by atomic mass is 32.1. The van der Waals surface area contributed by atoms with Crippen LogP contribution in [0.2, 0.25) is 0 Å². The van der Waals surface area contributed by atoms with Crippen LogP contribution in [0.1, 0.15) is 46.0 Å². The molecule has 1 saturated heterocycles. The molecule has 1 fully saturated rings. The summed E-state index contributed by atoms with van der Waals surface area (Å²) in [5.74, 6) is 0.874. The van der Waals surface area contributed by atoms with E-state index in [0.717, 1.165) is 80.1 Å². The van der Waals surface area contributed by atoms with Crippen molar-refractivity contribution in [3.8, 4) is 5.75 Å². The number of rotatable bonds is 9. The Morgan fingerprint density at radius 3 is 2.75 bits per heavy atom. The van der Waals surface area contributed by atoms with Crippen molar-refractivity contribution >= 4 is 38.3 Å². The van der Waals surface area contributed by atoms with Gasteiger partial charge in [0.2, 0.25) is 5.91 Å². The summed E-state index contributed by atoms with van der Waals surface area (Å²) in [5.41, 5.74) is 1.94. The Labute approximate surface area is 171 Å². The number of ether oxygens (including phenoxy) is 2. The fourth-order valence-corrected chi connectivity index (χ4v) is 4.68. The van der Waals surface area contributed by atoms with Crippen molar-refractivity contribution in [2.24, 2.45) is 5.92 Å². The van der Waals surface area contributed by atoms with E-state index in [9.17, 15) is 4.79 Å². The summed E-state index contributed by atoms with van der Waals surface area (Å²) in [5, 5.41) is 3.73. The predicted octanol–water partition coefficient (Wildman–Crippen LogP) is 4.69. The monoisotopic (exact) mass is 405 g/mol. The van der Waals surface area contributed by atoms with Crippen molar-refractivity contribution in [2.75, 3.05) is 43.6 Å². The summed E-state index contributed by atoms with van der Waals surface area (Å²) in [4.78, 5) is 19.8. The first kappa shape index (κ1) is 20.9. The largest absolute Gasteiger partial charge is 0.494 e. The van der Waals surface area contributed by atoms with Gasteiger partial charge in [0, 0.05) is 19.0 Å². The summed E-state index contributed by atoms with van der Waals surface area (Å²) in [7, 11) is 1.66. The van der Waals surface area contributed by atoms with Crippen LogP contribution in [0, 0.1) is 5.92 Å². The Hall–Kier alpha value is -1.86. The Morgan fingerprint density at radius 1 is 1.29 bits per heavy atom. The van der Waals surface area contributed by atoms with E-state index in [2.05, 4.69) is 30.1 Å². The molecule has 154 valence electrons. The van der Waals surface area contributed by atoms with Gasteiger partial charge in [-0.05, 0) is 25.0 Å². The maximum absolute atomic E-state index is 12.8. The van der Waals surface area contributed by atoms with Crippen molar-refractivity contribution in [1.82, 2.24) is 4.98 Å². The minimum atomic E-state index is 0.0533. The third-order valence-corrected chi connectivity index (χ3v) is 6.19. The number of thiazole rings is 1. The third-order valence-electron chi connectivity index (χ3n) is 5.20. The number of anilines is 2. The molecule has 0 radical (unpaired) electrons. The molecule has 1 amide bonds. The van der Waals surface area contributed by atoms with E-state index in [-0.39, 0.29) is 11.8 Å². The van der Waals surface area contributed by atoms with E-state index < -0.39 is 0 Å². The molecule has 0 bridgehead atoms. The second-order valence-corrected chi connectivity index (χ2v) is 8.20. The molecule has 1 aromatic carbocycles. The minimum Gasteiger partial charge on any atom is -0.494 e. The fraction of sp³-hybridized carbons (Fsp3) is 0.619. The van der Waals surface area contributed by atoms with Crippen LogP contribution in [0.15, 0.2) is 12.1 Å². The molecular weight excluding hydrogens is 374 g/mol. The van der Waals surface area contributed by atoms with Gasteiger partial charge in [-0.25, -0.2) is 4.98 Å². The average molecular weight is 406 g/mol. The van der Waals surface area contributed by atoms with E-state index in [1.807, 2.05) is 6.07 Å². The molecule has 6 nitrogen and oxygen atoms in total. The highest BCUT2D eigenvalue weighted by Gasteiger charge is 2.22. The number of hydrogen-bond acceptors (Lipinski definition) is 6. The second kappa shape index (κ2) is 10.1. The lowest BCUT2D eigenvalue weighted by molar-refractivity contribution is -0.120. The van der Waals surface area contributed by atoms with Crippen molar-refractivity contribution in [1.29, 1.82) is 0 Å². The number of nitrogens with one attached hydrogen (secondary N) is 1. The first-order chi connectivity index (χ1) is 13.7. The molecule has 3 rings (SSSR count). The first-order valence-electron chi connectivity index (χ1n) is 10.3. The minimum absolute atomic E-state index is 0.0533. The molecule has 1 aliphatic heterocycles. The highest BCUT2D eigenvalue weighted by Crippen LogP contribution is 2.39. The molecule has 7 heteroatoms. The maximum atomic E-state index is 12.8. The van der Waals surface area contributed by atoms with Crippen molar-refractivity contribution in [3.63, 3.8) is 0 Å². The number of fused-ring (bicyclic) bond motifs is 1. The summed E-state index contributed by atoms with van der Waals surface area (Å²) in [6.07, 6.45) is 5.04. The van der Waals surface area contributed by atoms with Crippen LogP contribution in [0.5, 0.6) is 5.75 Å². The topological polar surface area (TPSA) is 63.7 Å². The van der Waals surface area contributed by atoms with Gasteiger partial charge < -0.3 is 19.7 Å². The van der Waals surface area contributed by atoms with Crippen molar-refractivity contribution < 1.29 is 14.3 Å². The highest BCUT2D eigenvalue weighted by molar-refractivity contribution is 7.23. The lowest BCUT2D eigenvalue weighted by atomic mass is 9.96. The number of amides is 1. The van der Waals surface area contributed by atoms with Crippen LogP contribution in [0.4, 0.5) is 10.8 Å². The number of methoxy groups -OCH3 is 1. The maximum Gasteiger partial charge on any atom is 0.229 e. The van der Waals surface area contributed by atoms with Crippen LogP contribution in [0.3, 0.4) is 0 Å². The van der Waals surface area contributed by atoms with Crippen LogP contribution in [-0.4, -0.2) is 44.3 Å². The van der Waals surface area contributed by atoms with Gasteiger partial charge in [0.05, 0.1) is 30.7 Å². The van der Waals surface area contributed by atoms with Crippen molar-refractivity contribution in [3.05, 3.63) is 12.1 Å². The smallest absolute Gasteiger partial charge is 0.229 e. The number of morpholine rings is 1. The molecule has 1 atom stereocenters. The van der Waals surface area contributed by atoms with Gasteiger partial charge in [-0.15, -0.1) is 0 Å². The molecule has 1 aliphatic rings. The normalized spacial score (nSPS) is 15.6. The average Bonchev–Trinajstić information content (AvgIpc) is 3.14. The zero-order valence-corrected chi connectivity index (χ0v) is 17.9. The molecule has 0 saturated carbocycles. The van der Waals surface area contributed by atoms with Crippen LogP contribution in [-0.2, 0) is 9.53 Å². The number of aromatic nitrogens is 1. The van der Waals surface area contributed by atoms with Crippen LogP contribution in [0.25, 0.3) is 10.2 Å². The number of carbonyl (C=O) groups excluding carboxylic acids is 1. The Kier molecular flexibility index (Phi) is 7.50. The Morgan fingerprint density at radius 2 is 2.07 bits per heavy atom. The molecule has 2 aromatic rings. The van der Waals surface area contributed by atoms with E-state index in [1.54, 1.807) is 7.11 Å². The van der Waals surface area contributed by atoms with E-state index in [0.29, 0.717) is 5.13 Å². The molecule has 1 aromatic heterocycles. The molecule has 1 unspecified atom stereocenters. The van der Waals surface area contributed by atoms with Gasteiger partial charge in [0.15, 0.2) is 5.13 Å².